The number of rotatable bonds is 2. The number of pyridine rings is 1. The average molecular weight is 193 g/mol. The van der Waals surface area contributed by atoms with Gasteiger partial charge in [-0.1, -0.05) is 6.07 Å². The molecule has 1 fully saturated rings. The molecule has 3 heteroatoms. The smallest absolute Gasteiger partial charge is 0.101 e. The van der Waals surface area contributed by atoms with Crippen LogP contribution in [0.25, 0.3) is 0 Å². The zero-order chi connectivity index (χ0) is 9.97. The van der Waals surface area contributed by atoms with Gasteiger partial charge in [0.1, 0.15) is 6.10 Å². The van der Waals surface area contributed by atoms with Gasteiger partial charge in [0.25, 0.3) is 0 Å². The fraction of sp³-hybridized carbons (Fsp3) is 0.545. The Bertz CT molecular complexity index is 291. The van der Waals surface area contributed by atoms with E-state index < -0.39 is 6.10 Å². The third-order valence-electron chi connectivity index (χ3n) is 2.65. The first-order valence-corrected chi connectivity index (χ1v) is 4.96. The van der Waals surface area contributed by atoms with Crippen molar-refractivity contribution < 1.29 is 9.84 Å². The lowest BCUT2D eigenvalue weighted by Gasteiger charge is -2.15. The molecule has 0 aromatic carbocycles. The molecule has 0 bridgehead atoms. The molecule has 2 heterocycles. The molecule has 1 aromatic rings. The van der Waals surface area contributed by atoms with Gasteiger partial charge in [-0.05, 0) is 25.0 Å². The summed E-state index contributed by atoms with van der Waals surface area (Å²) in [7, 11) is 0. The van der Waals surface area contributed by atoms with Gasteiger partial charge < -0.3 is 9.84 Å². The van der Waals surface area contributed by atoms with Gasteiger partial charge in [0.05, 0.1) is 12.3 Å². The Morgan fingerprint density at radius 1 is 1.57 bits per heavy atom. The van der Waals surface area contributed by atoms with Crippen LogP contribution in [-0.2, 0) is 4.74 Å². The highest BCUT2D eigenvalue weighted by Crippen LogP contribution is 2.27. The van der Waals surface area contributed by atoms with Gasteiger partial charge in [-0.25, -0.2) is 0 Å². The molecule has 3 nitrogen and oxygen atoms in total. The monoisotopic (exact) mass is 193 g/mol. The van der Waals surface area contributed by atoms with Crippen molar-refractivity contribution in [3.8, 4) is 0 Å². The topological polar surface area (TPSA) is 42.4 Å². The van der Waals surface area contributed by atoms with E-state index >= 15 is 0 Å². The van der Waals surface area contributed by atoms with Crippen LogP contribution in [-0.4, -0.2) is 23.3 Å². The number of aryl methyl sites for hydroxylation is 1. The van der Waals surface area contributed by atoms with Crippen LogP contribution in [0.15, 0.2) is 18.3 Å². The molecule has 76 valence electrons. The largest absolute Gasteiger partial charge is 0.386 e. The normalized spacial score (nSPS) is 23.7. The van der Waals surface area contributed by atoms with Gasteiger partial charge in [0.2, 0.25) is 0 Å². The van der Waals surface area contributed by atoms with Crippen molar-refractivity contribution >= 4 is 0 Å². The molecule has 1 N–H and O–H groups in total. The van der Waals surface area contributed by atoms with Crippen molar-refractivity contribution in [2.75, 3.05) is 13.2 Å². The summed E-state index contributed by atoms with van der Waals surface area (Å²) in [5, 5.41) is 9.97. The Morgan fingerprint density at radius 3 is 3.00 bits per heavy atom. The van der Waals surface area contributed by atoms with Crippen LogP contribution in [0.4, 0.5) is 0 Å². The Kier molecular flexibility index (Phi) is 2.79. The lowest BCUT2D eigenvalue weighted by atomic mass is 9.98. The van der Waals surface area contributed by atoms with Crippen molar-refractivity contribution in [1.82, 2.24) is 4.98 Å². The third kappa shape index (κ3) is 1.94. The number of hydrogen-bond donors (Lipinski definition) is 1. The summed E-state index contributed by atoms with van der Waals surface area (Å²) in [6.07, 6.45) is 2.24. The molecule has 1 aromatic heterocycles. The van der Waals surface area contributed by atoms with E-state index in [1.54, 1.807) is 6.20 Å². The molecule has 1 aliphatic heterocycles. The predicted molar refractivity (Wildman–Crippen MR) is 52.9 cm³/mol. The number of nitrogens with zero attached hydrogens (tertiary/aromatic N) is 1. The fourth-order valence-corrected chi connectivity index (χ4v) is 1.70. The zero-order valence-electron chi connectivity index (χ0n) is 8.31. The molecule has 1 saturated heterocycles. The number of aliphatic hydroxyl groups is 1. The lowest BCUT2D eigenvalue weighted by molar-refractivity contribution is 0.0885. The highest BCUT2D eigenvalue weighted by atomic mass is 16.5. The van der Waals surface area contributed by atoms with Crippen LogP contribution in [0.1, 0.15) is 23.8 Å². The van der Waals surface area contributed by atoms with E-state index in [1.165, 1.54) is 0 Å². The first kappa shape index (κ1) is 9.62. The first-order valence-electron chi connectivity index (χ1n) is 4.96. The van der Waals surface area contributed by atoms with Crippen LogP contribution in [0.5, 0.6) is 0 Å². The zero-order valence-corrected chi connectivity index (χ0v) is 8.31. The van der Waals surface area contributed by atoms with E-state index in [-0.39, 0.29) is 5.92 Å². The summed E-state index contributed by atoms with van der Waals surface area (Å²) in [5.41, 5.74) is 1.87. The summed E-state index contributed by atoms with van der Waals surface area (Å²) in [6, 6.07) is 3.86. The minimum Gasteiger partial charge on any atom is -0.386 e. The van der Waals surface area contributed by atoms with Gasteiger partial charge in [0, 0.05) is 18.7 Å². The van der Waals surface area contributed by atoms with Crippen molar-refractivity contribution in [1.29, 1.82) is 0 Å². The van der Waals surface area contributed by atoms with Crippen LogP contribution in [0, 0.1) is 12.8 Å². The summed E-state index contributed by atoms with van der Waals surface area (Å²) in [4.78, 5) is 4.22. The molecule has 0 saturated carbocycles. The molecule has 2 rings (SSSR count). The summed E-state index contributed by atoms with van der Waals surface area (Å²) >= 11 is 0. The van der Waals surface area contributed by atoms with Crippen molar-refractivity contribution in [2.24, 2.45) is 5.92 Å². The number of ether oxygens (including phenoxy) is 1. The maximum Gasteiger partial charge on any atom is 0.101 e. The molecule has 0 aliphatic carbocycles. The molecule has 2 unspecified atom stereocenters. The standard InChI is InChI=1S/C11H15NO2/c1-8-2-3-10(12-6-8)11(13)9-4-5-14-7-9/h2-3,6,9,11,13H,4-5,7H2,1H3. The van der Waals surface area contributed by atoms with Gasteiger partial charge >= 0.3 is 0 Å². The van der Waals surface area contributed by atoms with Crippen LogP contribution < -0.4 is 0 Å². The van der Waals surface area contributed by atoms with Crippen LogP contribution in [0.3, 0.4) is 0 Å². The summed E-state index contributed by atoms with van der Waals surface area (Å²) in [5.74, 6) is 0.213. The molecule has 0 spiro atoms. The third-order valence-corrected chi connectivity index (χ3v) is 2.65. The molecule has 14 heavy (non-hydrogen) atoms. The maximum absolute atomic E-state index is 9.97. The first-order chi connectivity index (χ1) is 6.77. The molecule has 0 amide bonds. The quantitative estimate of drug-likeness (QED) is 0.773. The Labute approximate surface area is 83.7 Å². The Hall–Kier alpha value is -0.930. The number of hydrogen-bond acceptors (Lipinski definition) is 3. The molecular formula is C11H15NO2. The second-order valence-electron chi connectivity index (χ2n) is 3.83. The van der Waals surface area contributed by atoms with Crippen molar-refractivity contribution in [3.63, 3.8) is 0 Å². The number of aromatic nitrogens is 1. The van der Waals surface area contributed by atoms with Crippen LogP contribution >= 0.6 is 0 Å². The predicted octanol–water partition coefficient (Wildman–Crippen LogP) is 1.46. The Balaban J connectivity index is 2.09. The van der Waals surface area contributed by atoms with Crippen molar-refractivity contribution in [2.45, 2.75) is 19.4 Å². The summed E-state index contributed by atoms with van der Waals surface area (Å²) in [6.45, 7) is 3.39. The SMILES string of the molecule is Cc1ccc(C(O)C2CCOC2)nc1. The maximum atomic E-state index is 9.97. The van der Waals surface area contributed by atoms with Gasteiger partial charge in [0.15, 0.2) is 0 Å². The molecule has 0 radical (unpaired) electrons. The lowest BCUT2D eigenvalue weighted by Crippen LogP contribution is -2.13. The van der Waals surface area contributed by atoms with Gasteiger partial charge in [-0.2, -0.15) is 0 Å². The van der Waals surface area contributed by atoms with E-state index in [4.69, 9.17) is 4.74 Å². The fourth-order valence-electron chi connectivity index (χ4n) is 1.70. The summed E-state index contributed by atoms with van der Waals surface area (Å²) < 4.78 is 5.24. The van der Waals surface area contributed by atoms with E-state index in [0.717, 1.165) is 24.3 Å². The number of aliphatic hydroxyl groups excluding tert-OH is 1. The molecule has 2 atom stereocenters. The second-order valence-corrected chi connectivity index (χ2v) is 3.83. The minimum atomic E-state index is -0.474. The van der Waals surface area contributed by atoms with E-state index in [1.807, 2.05) is 19.1 Å². The van der Waals surface area contributed by atoms with Crippen molar-refractivity contribution in [3.05, 3.63) is 29.6 Å². The minimum absolute atomic E-state index is 0.213. The van der Waals surface area contributed by atoms with E-state index in [9.17, 15) is 5.11 Å². The highest BCUT2D eigenvalue weighted by molar-refractivity contribution is 5.14. The van der Waals surface area contributed by atoms with Gasteiger partial charge in [-0.15, -0.1) is 0 Å². The van der Waals surface area contributed by atoms with E-state index in [2.05, 4.69) is 4.98 Å². The molecule has 1 aliphatic rings. The Morgan fingerprint density at radius 2 is 2.43 bits per heavy atom. The highest BCUT2D eigenvalue weighted by Gasteiger charge is 2.25. The molecular weight excluding hydrogens is 178 g/mol. The van der Waals surface area contributed by atoms with E-state index in [0.29, 0.717) is 6.61 Å². The van der Waals surface area contributed by atoms with Gasteiger partial charge in [-0.3, -0.25) is 4.98 Å². The average Bonchev–Trinajstić information content (AvgIpc) is 2.71. The van der Waals surface area contributed by atoms with Crippen LogP contribution in [0.2, 0.25) is 0 Å². The second kappa shape index (κ2) is 4.07.